The van der Waals surface area contributed by atoms with E-state index in [0.717, 1.165) is 31.2 Å². The molecule has 0 spiro atoms. The molecule has 0 bridgehead atoms. The minimum absolute atomic E-state index is 0.236. The van der Waals surface area contributed by atoms with E-state index in [1.807, 2.05) is 6.08 Å². The minimum Gasteiger partial charge on any atom is -0.314 e. The van der Waals surface area contributed by atoms with E-state index in [0.29, 0.717) is 0 Å². The Morgan fingerprint density at radius 2 is 1.53 bits per heavy atom. The average Bonchev–Trinajstić information content (AvgIpc) is 2.84. The largest absolute Gasteiger partial charge is 0.314 e. The van der Waals surface area contributed by atoms with E-state index in [2.05, 4.69) is 114 Å². The summed E-state index contributed by atoms with van der Waals surface area (Å²) in [7, 11) is 0. The van der Waals surface area contributed by atoms with Crippen LogP contribution in [0.4, 0.5) is 11.4 Å². The van der Waals surface area contributed by atoms with Crippen molar-refractivity contribution in [2.45, 2.75) is 79.1 Å². The van der Waals surface area contributed by atoms with E-state index in [4.69, 9.17) is 0 Å². The Hall–Kier alpha value is -2.54. The van der Waals surface area contributed by atoms with Crippen molar-refractivity contribution in [2.75, 3.05) is 4.90 Å². The minimum atomic E-state index is 0.236. The van der Waals surface area contributed by atoms with Crippen LogP contribution in [0, 0.1) is 5.41 Å². The maximum atomic E-state index is 3.98. The van der Waals surface area contributed by atoms with Gasteiger partial charge in [0.25, 0.3) is 0 Å². The van der Waals surface area contributed by atoms with Crippen LogP contribution in [0.25, 0.3) is 6.08 Å². The van der Waals surface area contributed by atoms with Crippen molar-refractivity contribution in [3.05, 3.63) is 89.7 Å². The Morgan fingerprint density at radius 3 is 2.06 bits per heavy atom. The standard InChI is InChI=1S/C31H41N/c1-8-24-13-12-14-29(23-24)32(27-19-15-25(16-20-27)30(5,6)9-2)28-21-17-26(18-22-28)31(7,10-3)11-4/h8,12-15,17-19,21-23H,1,9-11,16,20H2,2-7H3. The van der Waals surface area contributed by atoms with Gasteiger partial charge in [0.1, 0.15) is 0 Å². The molecule has 0 radical (unpaired) electrons. The summed E-state index contributed by atoms with van der Waals surface area (Å²) in [5, 5.41) is 0. The van der Waals surface area contributed by atoms with Gasteiger partial charge in [-0.1, -0.05) is 90.1 Å². The van der Waals surface area contributed by atoms with Crippen LogP contribution in [-0.2, 0) is 5.41 Å². The summed E-state index contributed by atoms with van der Waals surface area (Å²) in [4.78, 5) is 2.43. The molecule has 1 aliphatic carbocycles. The van der Waals surface area contributed by atoms with Crippen molar-refractivity contribution in [1.29, 1.82) is 0 Å². The van der Waals surface area contributed by atoms with Crippen LogP contribution in [0.3, 0.4) is 0 Å². The smallest absolute Gasteiger partial charge is 0.0464 e. The van der Waals surface area contributed by atoms with Gasteiger partial charge in [0.15, 0.2) is 0 Å². The predicted molar refractivity (Wildman–Crippen MR) is 143 cm³/mol. The summed E-state index contributed by atoms with van der Waals surface area (Å²) in [6, 6.07) is 17.9. The highest BCUT2D eigenvalue weighted by molar-refractivity contribution is 5.71. The quantitative estimate of drug-likeness (QED) is 0.385. The maximum absolute atomic E-state index is 3.98. The van der Waals surface area contributed by atoms with E-state index < -0.39 is 0 Å². The van der Waals surface area contributed by atoms with Gasteiger partial charge in [-0.2, -0.15) is 0 Å². The van der Waals surface area contributed by atoms with Gasteiger partial charge in [0.2, 0.25) is 0 Å². The molecule has 0 atom stereocenters. The molecule has 32 heavy (non-hydrogen) atoms. The van der Waals surface area contributed by atoms with Crippen molar-refractivity contribution in [3.8, 4) is 0 Å². The topological polar surface area (TPSA) is 3.24 Å². The molecule has 2 aromatic carbocycles. The number of rotatable bonds is 9. The van der Waals surface area contributed by atoms with Gasteiger partial charge in [-0.3, -0.25) is 0 Å². The van der Waals surface area contributed by atoms with Crippen LogP contribution >= 0.6 is 0 Å². The summed E-state index contributed by atoms with van der Waals surface area (Å²) in [6.45, 7) is 17.9. The first kappa shape index (κ1) is 24.1. The van der Waals surface area contributed by atoms with Crippen molar-refractivity contribution < 1.29 is 0 Å². The fourth-order valence-electron chi connectivity index (χ4n) is 4.55. The zero-order valence-corrected chi connectivity index (χ0v) is 21.0. The number of benzene rings is 2. The molecule has 0 N–H and O–H groups in total. The van der Waals surface area contributed by atoms with Crippen LogP contribution in [0.15, 0.2) is 78.5 Å². The normalized spacial score (nSPS) is 14.6. The summed E-state index contributed by atoms with van der Waals surface area (Å²) in [5.74, 6) is 0. The molecular weight excluding hydrogens is 386 g/mol. The summed E-state index contributed by atoms with van der Waals surface area (Å²) in [5.41, 5.74) is 8.40. The molecule has 0 aliphatic heterocycles. The fourth-order valence-corrected chi connectivity index (χ4v) is 4.55. The first-order valence-corrected chi connectivity index (χ1v) is 12.3. The first-order valence-electron chi connectivity index (χ1n) is 12.3. The third-order valence-corrected chi connectivity index (χ3v) is 7.91. The monoisotopic (exact) mass is 427 g/mol. The molecule has 2 aromatic rings. The van der Waals surface area contributed by atoms with E-state index >= 15 is 0 Å². The van der Waals surface area contributed by atoms with E-state index in [-0.39, 0.29) is 10.8 Å². The van der Waals surface area contributed by atoms with Gasteiger partial charge >= 0.3 is 0 Å². The van der Waals surface area contributed by atoms with E-state index in [1.165, 1.54) is 29.1 Å². The van der Waals surface area contributed by atoms with E-state index in [9.17, 15) is 0 Å². The number of allylic oxidation sites excluding steroid dienone is 4. The lowest BCUT2D eigenvalue weighted by Crippen LogP contribution is -2.22. The summed E-state index contributed by atoms with van der Waals surface area (Å²) in [6.07, 6.45) is 12.3. The first-order chi connectivity index (χ1) is 15.3. The molecule has 0 fully saturated rings. The molecule has 0 aromatic heterocycles. The second-order valence-electron chi connectivity index (χ2n) is 10.0. The van der Waals surface area contributed by atoms with Gasteiger partial charge in [0.05, 0.1) is 0 Å². The van der Waals surface area contributed by atoms with Gasteiger partial charge in [-0.15, -0.1) is 0 Å². The third kappa shape index (κ3) is 4.93. The number of nitrogens with zero attached hydrogens (tertiary/aromatic N) is 1. The van der Waals surface area contributed by atoms with Crippen LogP contribution < -0.4 is 4.90 Å². The second kappa shape index (κ2) is 9.94. The number of hydrogen-bond donors (Lipinski definition) is 0. The highest BCUT2D eigenvalue weighted by Gasteiger charge is 2.26. The number of anilines is 2. The fraction of sp³-hybridized carbons (Fsp3) is 0.419. The predicted octanol–water partition coefficient (Wildman–Crippen LogP) is 9.59. The average molecular weight is 428 g/mol. The van der Waals surface area contributed by atoms with Crippen LogP contribution in [-0.4, -0.2) is 0 Å². The molecule has 0 unspecified atom stereocenters. The van der Waals surface area contributed by atoms with Crippen molar-refractivity contribution in [3.63, 3.8) is 0 Å². The Bertz CT molecular complexity index is 983. The van der Waals surface area contributed by atoms with Crippen LogP contribution in [0.5, 0.6) is 0 Å². The zero-order valence-electron chi connectivity index (χ0n) is 21.0. The lowest BCUT2D eigenvalue weighted by Gasteiger charge is -2.34. The second-order valence-corrected chi connectivity index (χ2v) is 10.0. The zero-order chi connectivity index (χ0) is 23.4. The Labute approximate surface area is 196 Å². The van der Waals surface area contributed by atoms with Gasteiger partial charge in [-0.05, 0) is 84.4 Å². The molecule has 1 aliphatic rings. The molecule has 3 rings (SSSR count). The van der Waals surface area contributed by atoms with Gasteiger partial charge in [-0.25, -0.2) is 0 Å². The Balaban J connectivity index is 2.06. The highest BCUT2D eigenvalue weighted by Crippen LogP contribution is 2.41. The van der Waals surface area contributed by atoms with Gasteiger partial charge in [0, 0.05) is 17.1 Å². The lowest BCUT2D eigenvalue weighted by molar-refractivity contribution is 0.411. The highest BCUT2D eigenvalue weighted by atomic mass is 15.1. The SMILES string of the molecule is C=Cc1cccc(N(C2=CC=C(C(C)(C)CC)CC2)c2ccc(C(C)(CC)CC)cc2)c1. The molecule has 1 nitrogen and oxygen atoms in total. The molecule has 0 saturated carbocycles. The van der Waals surface area contributed by atoms with Crippen molar-refractivity contribution >= 4 is 17.5 Å². The molecule has 0 saturated heterocycles. The molecule has 170 valence electrons. The van der Waals surface area contributed by atoms with Crippen LogP contribution in [0.1, 0.15) is 84.8 Å². The van der Waals surface area contributed by atoms with Crippen molar-refractivity contribution in [1.82, 2.24) is 0 Å². The molecule has 0 amide bonds. The number of hydrogen-bond acceptors (Lipinski definition) is 1. The molecular formula is C31H41N. The summed E-state index contributed by atoms with van der Waals surface area (Å²) >= 11 is 0. The lowest BCUT2D eigenvalue weighted by atomic mass is 9.77. The van der Waals surface area contributed by atoms with Gasteiger partial charge < -0.3 is 4.90 Å². The third-order valence-electron chi connectivity index (χ3n) is 7.91. The molecule has 0 heterocycles. The van der Waals surface area contributed by atoms with E-state index in [1.54, 1.807) is 5.57 Å². The van der Waals surface area contributed by atoms with Crippen molar-refractivity contribution in [2.24, 2.45) is 5.41 Å². The van der Waals surface area contributed by atoms with Crippen LogP contribution in [0.2, 0.25) is 0 Å². The maximum Gasteiger partial charge on any atom is 0.0464 e. The Kier molecular flexibility index (Phi) is 7.49. The summed E-state index contributed by atoms with van der Waals surface area (Å²) < 4.78 is 0. The Morgan fingerprint density at radius 1 is 0.844 bits per heavy atom. The molecule has 1 heteroatoms.